The van der Waals surface area contributed by atoms with Crippen molar-refractivity contribution in [3.63, 3.8) is 0 Å². The van der Waals surface area contributed by atoms with Gasteiger partial charge in [0, 0.05) is 19.0 Å². The van der Waals surface area contributed by atoms with Gasteiger partial charge in [-0.15, -0.1) is 0 Å². The molecule has 1 fully saturated rings. The second-order valence-electron chi connectivity index (χ2n) is 4.86. The van der Waals surface area contributed by atoms with E-state index in [2.05, 4.69) is 15.8 Å². The molecule has 0 aliphatic carbocycles. The third-order valence-corrected chi connectivity index (χ3v) is 3.56. The van der Waals surface area contributed by atoms with Crippen LogP contribution in [0.5, 0.6) is 0 Å². The summed E-state index contributed by atoms with van der Waals surface area (Å²) in [5.41, 5.74) is -0.305. The maximum absolute atomic E-state index is 11.4. The van der Waals surface area contributed by atoms with E-state index < -0.39 is 11.7 Å². The Bertz CT molecular complexity index is 508. The van der Waals surface area contributed by atoms with Gasteiger partial charge in [0.1, 0.15) is 5.41 Å². The number of nitrogens with zero attached hydrogens (tertiary/aromatic N) is 2. The van der Waals surface area contributed by atoms with Crippen LogP contribution in [-0.2, 0) is 24.4 Å². The predicted octanol–water partition coefficient (Wildman–Crippen LogP) is 1.56. The molecule has 0 N–H and O–H groups in total. The molecule has 6 nitrogen and oxygen atoms in total. The van der Waals surface area contributed by atoms with Crippen LogP contribution in [0, 0.1) is 11.3 Å². The first-order valence-electron chi connectivity index (χ1n) is 6.83. The first-order chi connectivity index (χ1) is 10.2. The minimum atomic E-state index is -0.926. The summed E-state index contributed by atoms with van der Waals surface area (Å²) in [5.74, 6) is -0.348. The summed E-state index contributed by atoms with van der Waals surface area (Å²) < 4.78 is 15.6. The Kier molecular flexibility index (Phi) is 5.26. The molecule has 0 spiro atoms. The van der Waals surface area contributed by atoms with Gasteiger partial charge in [0.2, 0.25) is 0 Å². The standard InChI is InChI=1S/C15H18N2O4/c1-19-13(18)5-6-15(11-16,10-14-20-8-9-21-14)12-4-2-3-7-17-12/h2-4,7,14H,5-6,8-10H2,1H3. The highest BCUT2D eigenvalue weighted by Crippen LogP contribution is 2.34. The average Bonchev–Trinajstić information content (AvgIpc) is 3.04. The lowest BCUT2D eigenvalue weighted by Gasteiger charge is -2.27. The van der Waals surface area contributed by atoms with Crippen LogP contribution in [0.4, 0.5) is 0 Å². The molecule has 21 heavy (non-hydrogen) atoms. The molecule has 1 aliphatic rings. The molecule has 0 saturated carbocycles. The van der Waals surface area contributed by atoms with Gasteiger partial charge in [-0.05, 0) is 18.6 Å². The normalized spacial score (nSPS) is 17.9. The van der Waals surface area contributed by atoms with Crippen LogP contribution >= 0.6 is 0 Å². The predicted molar refractivity (Wildman–Crippen MR) is 73.1 cm³/mol. The third-order valence-electron chi connectivity index (χ3n) is 3.56. The van der Waals surface area contributed by atoms with Crippen molar-refractivity contribution in [3.05, 3.63) is 30.1 Å². The van der Waals surface area contributed by atoms with Crippen molar-refractivity contribution in [2.24, 2.45) is 0 Å². The van der Waals surface area contributed by atoms with E-state index in [0.29, 0.717) is 31.7 Å². The number of methoxy groups -OCH3 is 1. The fraction of sp³-hybridized carbons (Fsp3) is 0.533. The Labute approximate surface area is 123 Å². The van der Waals surface area contributed by atoms with Crippen LogP contribution in [0.2, 0.25) is 0 Å². The monoisotopic (exact) mass is 290 g/mol. The molecule has 112 valence electrons. The molecule has 1 atom stereocenters. The van der Waals surface area contributed by atoms with Crippen molar-refractivity contribution >= 4 is 5.97 Å². The number of carbonyl (C=O) groups is 1. The number of rotatable bonds is 6. The number of ether oxygens (including phenoxy) is 3. The summed E-state index contributed by atoms with van der Waals surface area (Å²) in [7, 11) is 1.33. The van der Waals surface area contributed by atoms with Gasteiger partial charge >= 0.3 is 5.97 Å². The first-order valence-corrected chi connectivity index (χ1v) is 6.83. The molecular weight excluding hydrogens is 272 g/mol. The van der Waals surface area contributed by atoms with Gasteiger partial charge in [0.15, 0.2) is 6.29 Å². The summed E-state index contributed by atoms with van der Waals surface area (Å²) in [5, 5.41) is 9.72. The zero-order valence-corrected chi connectivity index (χ0v) is 11.9. The minimum Gasteiger partial charge on any atom is -0.469 e. The van der Waals surface area contributed by atoms with Crippen molar-refractivity contribution in [2.75, 3.05) is 20.3 Å². The van der Waals surface area contributed by atoms with Crippen LogP contribution < -0.4 is 0 Å². The highest BCUT2D eigenvalue weighted by atomic mass is 16.7. The summed E-state index contributed by atoms with van der Waals surface area (Å²) in [4.78, 5) is 15.7. The molecule has 0 amide bonds. The Morgan fingerprint density at radius 1 is 1.52 bits per heavy atom. The quantitative estimate of drug-likeness (QED) is 0.739. The molecule has 1 saturated heterocycles. The number of hydrogen-bond donors (Lipinski definition) is 0. The van der Waals surface area contributed by atoms with Crippen molar-refractivity contribution < 1.29 is 19.0 Å². The summed E-state index contributed by atoms with van der Waals surface area (Å²) in [6, 6.07) is 7.70. The van der Waals surface area contributed by atoms with Gasteiger partial charge in [-0.25, -0.2) is 0 Å². The zero-order chi connectivity index (χ0) is 15.1. The number of carbonyl (C=O) groups excluding carboxylic acids is 1. The Morgan fingerprint density at radius 2 is 2.29 bits per heavy atom. The van der Waals surface area contributed by atoms with Gasteiger partial charge in [-0.1, -0.05) is 6.07 Å². The summed E-state index contributed by atoms with van der Waals surface area (Å²) >= 11 is 0. The Morgan fingerprint density at radius 3 is 2.86 bits per heavy atom. The molecule has 1 aromatic rings. The molecule has 1 unspecified atom stereocenters. The largest absolute Gasteiger partial charge is 0.469 e. The number of aromatic nitrogens is 1. The number of nitriles is 1. The van der Waals surface area contributed by atoms with Crippen LogP contribution in [0.1, 0.15) is 25.0 Å². The molecule has 1 aromatic heterocycles. The van der Waals surface area contributed by atoms with E-state index >= 15 is 0 Å². The maximum Gasteiger partial charge on any atom is 0.305 e. The second kappa shape index (κ2) is 7.16. The molecule has 1 aliphatic heterocycles. The van der Waals surface area contributed by atoms with Gasteiger partial charge in [0.05, 0.1) is 32.1 Å². The van der Waals surface area contributed by atoms with Gasteiger partial charge in [-0.3, -0.25) is 9.78 Å². The third kappa shape index (κ3) is 3.78. The molecule has 0 radical (unpaired) electrons. The van der Waals surface area contributed by atoms with Gasteiger partial charge in [0.25, 0.3) is 0 Å². The molecule has 6 heteroatoms. The van der Waals surface area contributed by atoms with E-state index in [1.54, 1.807) is 18.3 Å². The van der Waals surface area contributed by atoms with Crippen molar-refractivity contribution in [1.29, 1.82) is 5.26 Å². The topological polar surface area (TPSA) is 81.4 Å². The zero-order valence-electron chi connectivity index (χ0n) is 11.9. The van der Waals surface area contributed by atoms with E-state index in [1.807, 2.05) is 6.07 Å². The smallest absolute Gasteiger partial charge is 0.305 e. The highest BCUT2D eigenvalue weighted by Gasteiger charge is 2.38. The highest BCUT2D eigenvalue weighted by molar-refractivity contribution is 5.69. The van der Waals surface area contributed by atoms with E-state index in [0.717, 1.165) is 0 Å². The molecule has 2 rings (SSSR count). The maximum atomic E-state index is 11.4. The van der Waals surface area contributed by atoms with Crippen LogP contribution in [0.25, 0.3) is 0 Å². The van der Waals surface area contributed by atoms with E-state index in [1.165, 1.54) is 7.11 Å². The second-order valence-corrected chi connectivity index (χ2v) is 4.86. The number of pyridine rings is 1. The van der Waals surface area contributed by atoms with Crippen molar-refractivity contribution in [1.82, 2.24) is 4.98 Å². The summed E-state index contributed by atoms with van der Waals surface area (Å²) in [6.07, 6.45) is 2.00. The molecule has 0 bridgehead atoms. The number of hydrogen-bond acceptors (Lipinski definition) is 6. The van der Waals surface area contributed by atoms with E-state index in [-0.39, 0.29) is 12.4 Å². The number of esters is 1. The van der Waals surface area contributed by atoms with Crippen molar-refractivity contribution in [2.45, 2.75) is 31.0 Å². The fourth-order valence-corrected chi connectivity index (χ4v) is 2.37. The van der Waals surface area contributed by atoms with E-state index in [9.17, 15) is 10.1 Å². The van der Waals surface area contributed by atoms with Crippen molar-refractivity contribution in [3.8, 4) is 6.07 Å². The van der Waals surface area contributed by atoms with Crippen LogP contribution in [-0.4, -0.2) is 37.6 Å². The fourth-order valence-electron chi connectivity index (χ4n) is 2.37. The molecule has 0 aromatic carbocycles. The van der Waals surface area contributed by atoms with Crippen LogP contribution in [0.3, 0.4) is 0 Å². The first kappa shape index (κ1) is 15.4. The average molecular weight is 290 g/mol. The summed E-state index contributed by atoms with van der Waals surface area (Å²) in [6.45, 7) is 1.04. The SMILES string of the molecule is COC(=O)CCC(C#N)(CC1OCCO1)c1ccccn1. The molecular formula is C15H18N2O4. The minimum absolute atomic E-state index is 0.146. The van der Waals surface area contributed by atoms with Gasteiger partial charge in [-0.2, -0.15) is 5.26 Å². The van der Waals surface area contributed by atoms with Gasteiger partial charge < -0.3 is 14.2 Å². The Hall–Kier alpha value is -1.97. The van der Waals surface area contributed by atoms with Crippen LogP contribution in [0.15, 0.2) is 24.4 Å². The lowest BCUT2D eigenvalue weighted by molar-refractivity contribution is -0.141. The lowest BCUT2D eigenvalue weighted by Crippen LogP contribution is -2.32. The Balaban J connectivity index is 2.22. The lowest BCUT2D eigenvalue weighted by atomic mass is 9.77. The van der Waals surface area contributed by atoms with E-state index in [4.69, 9.17) is 9.47 Å². The molecule has 2 heterocycles.